The Balaban J connectivity index is 2.06. The molecule has 0 saturated heterocycles. The maximum absolute atomic E-state index is 12.1. The number of anilines is 1. The number of nitrogen functional groups attached to an aromatic ring is 1. The smallest absolute Gasteiger partial charge is 0.268 e. The Kier molecular flexibility index (Phi) is 3.27. The first-order valence-electron chi connectivity index (χ1n) is 6.04. The maximum atomic E-state index is 12.1. The van der Waals surface area contributed by atoms with E-state index in [0.29, 0.717) is 17.4 Å². The van der Waals surface area contributed by atoms with E-state index in [-0.39, 0.29) is 18.4 Å². The highest BCUT2D eigenvalue weighted by molar-refractivity contribution is 5.94. The van der Waals surface area contributed by atoms with Crippen LogP contribution >= 0.6 is 0 Å². The number of aromatic nitrogens is 1. The third-order valence-corrected chi connectivity index (χ3v) is 2.93. The summed E-state index contributed by atoms with van der Waals surface area (Å²) in [7, 11) is 0. The van der Waals surface area contributed by atoms with E-state index >= 15 is 0 Å². The molecule has 0 radical (unpaired) electrons. The fourth-order valence-electron chi connectivity index (χ4n) is 1.99. The molecule has 0 aromatic carbocycles. The van der Waals surface area contributed by atoms with E-state index < -0.39 is 5.91 Å². The summed E-state index contributed by atoms with van der Waals surface area (Å²) in [4.78, 5) is 22.8. The topological polar surface area (TPSA) is 103 Å². The summed E-state index contributed by atoms with van der Waals surface area (Å²) >= 11 is 0. The van der Waals surface area contributed by atoms with Crippen LogP contribution in [0.1, 0.15) is 42.7 Å². The second-order valence-electron chi connectivity index (χ2n) is 4.84. The maximum Gasteiger partial charge on any atom is 0.268 e. The molecular formula is C12H18N4O2. The van der Waals surface area contributed by atoms with Crippen molar-refractivity contribution in [3.05, 3.63) is 18.0 Å². The van der Waals surface area contributed by atoms with Crippen molar-refractivity contribution in [1.29, 1.82) is 0 Å². The Bertz CT molecular complexity index is 476. The number of hydrogen-bond donors (Lipinski definition) is 3. The van der Waals surface area contributed by atoms with Gasteiger partial charge in [0.15, 0.2) is 0 Å². The summed E-state index contributed by atoms with van der Waals surface area (Å²) < 4.78 is 1.90. The number of carbonyl (C=O) groups excluding carboxylic acids is 2. The third kappa shape index (κ3) is 2.82. The monoisotopic (exact) mass is 250 g/mol. The zero-order valence-electron chi connectivity index (χ0n) is 10.3. The molecule has 1 aromatic heterocycles. The van der Waals surface area contributed by atoms with Gasteiger partial charge in [-0.25, -0.2) is 0 Å². The van der Waals surface area contributed by atoms with Crippen molar-refractivity contribution in [2.24, 2.45) is 5.73 Å². The summed E-state index contributed by atoms with van der Waals surface area (Å²) in [5.41, 5.74) is 11.9. The van der Waals surface area contributed by atoms with Gasteiger partial charge in [-0.1, -0.05) is 0 Å². The molecule has 1 atom stereocenters. The van der Waals surface area contributed by atoms with Gasteiger partial charge >= 0.3 is 0 Å². The second-order valence-corrected chi connectivity index (χ2v) is 4.84. The molecular weight excluding hydrogens is 232 g/mol. The molecule has 1 heterocycles. The van der Waals surface area contributed by atoms with Crippen LogP contribution in [0.5, 0.6) is 0 Å². The molecule has 1 aromatic rings. The molecule has 0 spiro atoms. The van der Waals surface area contributed by atoms with Crippen LogP contribution < -0.4 is 16.8 Å². The quantitative estimate of drug-likeness (QED) is 0.704. The van der Waals surface area contributed by atoms with Crippen molar-refractivity contribution in [1.82, 2.24) is 9.88 Å². The number of nitrogens with one attached hydrogen (secondary N) is 1. The van der Waals surface area contributed by atoms with Gasteiger partial charge in [-0.15, -0.1) is 0 Å². The van der Waals surface area contributed by atoms with Gasteiger partial charge in [0.05, 0.1) is 5.69 Å². The number of hydrogen-bond acceptors (Lipinski definition) is 3. The highest BCUT2D eigenvalue weighted by Crippen LogP contribution is 2.37. The van der Waals surface area contributed by atoms with Gasteiger partial charge in [0.2, 0.25) is 5.91 Å². The summed E-state index contributed by atoms with van der Waals surface area (Å²) in [5, 5.41) is 2.75. The Labute approximate surface area is 105 Å². The lowest BCUT2D eigenvalue weighted by molar-refractivity contribution is -0.118. The normalized spacial score (nSPS) is 16.3. The Morgan fingerprint density at radius 3 is 2.78 bits per heavy atom. The standard InChI is InChI=1S/C12H18N4O2/c1-7(4-11(14)17)15-12(18)10-5-8(13)6-16(10)9-2-3-9/h5-7,9H,2-4,13H2,1H3,(H2,14,17)(H,15,18). The van der Waals surface area contributed by atoms with E-state index in [1.807, 2.05) is 4.57 Å². The predicted octanol–water partition coefficient (Wildman–Crippen LogP) is 0.399. The van der Waals surface area contributed by atoms with Crippen LogP contribution in [0.25, 0.3) is 0 Å². The molecule has 2 amide bonds. The van der Waals surface area contributed by atoms with E-state index in [2.05, 4.69) is 5.32 Å². The lowest BCUT2D eigenvalue weighted by atomic mass is 10.2. The number of primary amides is 1. The van der Waals surface area contributed by atoms with Crippen LogP contribution in [0.15, 0.2) is 12.3 Å². The molecule has 98 valence electrons. The summed E-state index contributed by atoms with van der Waals surface area (Å²) in [6.07, 6.45) is 4.06. The predicted molar refractivity (Wildman–Crippen MR) is 67.9 cm³/mol. The first kappa shape index (κ1) is 12.5. The minimum atomic E-state index is -0.431. The second kappa shape index (κ2) is 4.72. The van der Waals surface area contributed by atoms with Crippen molar-refractivity contribution in [3.8, 4) is 0 Å². The average molecular weight is 250 g/mol. The molecule has 2 rings (SSSR count). The lowest BCUT2D eigenvalue weighted by Crippen LogP contribution is -2.36. The Hall–Kier alpha value is -1.98. The highest BCUT2D eigenvalue weighted by Gasteiger charge is 2.28. The van der Waals surface area contributed by atoms with E-state index in [0.717, 1.165) is 12.8 Å². The zero-order valence-corrected chi connectivity index (χ0v) is 10.3. The number of amides is 2. The van der Waals surface area contributed by atoms with Gasteiger partial charge in [0.1, 0.15) is 5.69 Å². The Morgan fingerprint density at radius 1 is 1.56 bits per heavy atom. The molecule has 1 aliphatic carbocycles. The minimum Gasteiger partial charge on any atom is -0.397 e. The first-order valence-corrected chi connectivity index (χ1v) is 6.04. The van der Waals surface area contributed by atoms with Crippen molar-refractivity contribution < 1.29 is 9.59 Å². The van der Waals surface area contributed by atoms with Crippen LogP contribution in [0.4, 0.5) is 5.69 Å². The zero-order chi connectivity index (χ0) is 13.3. The molecule has 0 aliphatic heterocycles. The average Bonchev–Trinajstić information content (AvgIpc) is 3.00. The van der Waals surface area contributed by atoms with Gasteiger partial charge in [0, 0.05) is 24.7 Å². The summed E-state index contributed by atoms with van der Waals surface area (Å²) in [6, 6.07) is 1.76. The molecule has 1 unspecified atom stereocenters. The molecule has 6 nitrogen and oxygen atoms in total. The number of nitrogens with zero attached hydrogens (tertiary/aromatic N) is 1. The van der Waals surface area contributed by atoms with E-state index in [1.165, 1.54) is 0 Å². The van der Waals surface area contributed by atoms with E-state index in [9.17, 15) is 9.59 Å². The molecule has 1 fully saturated rings. The SMILES string of the molecule is CC(CC(N)=O)NC(=O)c1cc(N)cn1C1CC1. The van der Waals surface area contributed by atoms with Crippen LogP contribution in [0, 0.1) is 0 Å². The van der Waals surface area contributed by atoms with Crippen molar-refractivity contribution in [3.63, 3.8) is 0 Å². The molecule has 6 heteroatoms. The third-order valence-electron chi connectivity index (χ3n) is 2.93. The van der Waals surface area contributed by atoms with E-state index in [1.54, 1.807) is 19.2 Å². The molecule has 5 N–H and O–H groups in total. The molecule has 0 bridgehead atoms. The van der Waals surface area contributed by atoms with Crippen LogP contribution in [-0.2, 0) is 4.79 Å². The van der Waals surface area contributed by atoms with Crippen molar-refractivity contribution >= 4 is 17.5 Å². The number of carbonyl (C=O) groups is 2. The molecule has 18 heavy (non-hydrogen) atoms. The summed E-state index contributed by atoms with van der Waals surface area (Å²) in [6.45, 7) is 1.75. The highest BCUT2D eigenvalue weighted by atomic mass is 16.2. The van der Waals surface area contributed by atoms with Crippen molar-refractivity contribution in [2.75, 3.05) is 5.73 Å². The minimum absolute atomic E-state index is 0.130. The fourth-order valence-corrected chi connectivity index (χ4v) is 1.99. The number of nitrogens with two attached hydrogens (primary N) is 2. The first-order chi connectivity index (χ1) is 8.47. The van der Waals surface area contributed by atoms with Gasteiger partial charge in [-0.3, -0.25) is 9.59 Å². The largest absolute Gasteiger partial charge is 0.397 e. The van der Waals surface area contributed by atoms with Crippen LogP contribution in [0.3, 0.4) is 0 Å². The van der Waals surface area contributed by atoms with Gasteiger partial charge < -0.3 is 21.4 Å². The van der Waals surface area contributed by atoms with Crippen LogP contribution in [-0.4, -0.2) is 22.4 Å². The molecule has 1 aliphatic rings. The van der Waals surface area contributed by atoms with Crippen LogP contribution in [0.2, 0.25) is 0 Å². The van der Waals surface area contributed by atoms with Gasteiger partial charge in [0.25, 0.3) is 5.91 Å². The van der Waals surface area contributed by atoms with E-state index in [4.69, 9.17) is 11.5 Å². The fraction of sp³-hybridized carbons (Fsp3) is 0.500. The number of rotatable bonds is 5. The Morgan fingerprint density at radius 2 is 2.22 bits per heavy atom. The van der Waals surface area contributed by atoms with Gasteiger partial charge in [-0.2, -0.15) is 0 Å². The van der Waals surface area contributed by atoms with Crippen molar-refractivity contribution in [2.45, 2.75) is 38.3 Å². The molecule has 1 saturated carbocycles. The summed E-state index contributed by atoms with van der Waals surface area (Å²) in [5.74, 6) is -0.646. The lowest BCUT2D eigenvalue weighted by Gasteiger charge is -2.13. The van der Waals surface area contributed by atoms with Gasteiger partial charge in [-0.05, 0) is 25.8 Å².